The highest BCUT2D eigenvalue weighted by atomic mass is 35.5. The third kappa shape index (κ3) is 3.55. The molecule has 1 heterocycles. The summed E-state index contributed by atoms with van der Waals surface area (Å²) in [6, 6.07) is 33.2. The number of aromatic nitrogens is 1. The fraction of sp³-hybridized carbons (Fsp3) is 0. The van der Waals surface area contributed by atoms with E-state index < -0.39 is 0 Å². The van der Waals surface area contributed by atoms with Gasteiger partial charge in [-0.1, -0.05) is 83.9 Å². The number of benzene rings is 4. The topological polar surface area (TPSA) is 15.8 Å². The quantitative estimate of drug-likeness (QED) is 0.305. The van der Waals surface area contributed by atoms with Gasteiger partial charge >= 0.3 is 0 Å². The molecule has 1 nitrogen and oxygen atoms in total. The van der Waals surface area contributed by atoms with E-state index >= 15 is 0 Å². The molecule has 1 N–H and O–H groups in total. The first-order valence-corrected chi connectivity index (χ1v) is 10.2. The van der Waals surface area contributed by atoms with Gasteiger partial charge in [-0.15, -0.1) is 0 Å². The Hall–Kier alpha value is -3.00. The van der Waals surface area contributed by atoms with Crippen LogP contribution in [0.1, 0.15) is 0 Å². The maximum Gasteiger partial charge on any atom is 0.0471 e. The van der Waals surface area contributed by atoms with Crippen LogP contribution in [0.2, 0.25) is 10.0 Å². The second-order valence-electron chi connectivity index (χ2n) is 7.06. The Morgan fingerprint density at radius 2 is 1.14 bits per heavy atom. The monoisotopic (exact) mass is 413 g/mol. The lowest BCUT2D eigenvalue weighted by molar-refractivity contribution is 1.45. The van der Waals surface area contributed by atoms with Crippen molar-refractivity contribution in [1.29, 1.82) is 0 Å². The minimum atomic E-state index is 0.624. The fourth-order valence-corrected chi connectivity index (χ4v) is 4.28. The molecule has 0 atom stereocenters. The third-order valence-corrected chi connectivity index (χ3v) is 5.54. The van der Waals surface area contributed by atoms with Crippen LogP contribution in [-0.2, 0) is 0 Å². The van der Waals surface area contributed by atoms with Crippen molar-refractivity contribution < 1.29 is 0 Å². The summed E-state index contributed by atoms with van der Waals surface area (Å²) in [6.45, 7) is 0. The van der Waals surface area contributed by atoms with Crippen LogP contribution >= 0.6 is 23.2 Å². The Bertz CT molecular complexity index is 1280. The maximum atomic E-state index is 6.23. The van der Waals surface area contributed by atoms with Crippen molar-refractivity contribution in [2.45, 2.75) is 0 Å². The molecule has 0 unspecified atom stereocenters. The number of rotatable bonds is 3. The summed E-state index contributed by atoms with van der Waals surface area (Å²) >= 11 is 12.5. The number of hydrogen-bond donors (Lipinski definition) is 1. The van der Waals surface area contributed by atoms with Crippen LogP contribution in [-0.4, -0.2) is 4.98 Å². The van der Waals surface area contributed by atoms with Gasteiger partial charge < -0.3 is 4.98 Å². The standard InChI is InChI=1S/C26H17Cl2N/c27-21-11-20(12-22(28)15-21)25-16-24-23(18-9-5-2-6-10-18)13-19(14-26(24)29-25)17-7-3-1-4-8-17/h1-16,29H. The first-order valence-electron chi connectivity index (χ1n) is 9.41. The van der Waals surface area contributed by atoms with Gasteiger partial charge in [-0.2, -0.15) is 0 Å². The van der Waals surface area contributed by atoms with Gasteiger partial charge in [0.25, 0.3) is 0 Å². The number of fused-ring (bicyclic) bond motifs is 1. The van der Waals surface area contributed by atoms with Crippen LogP contribution in [0.15, 0.2) is 97.1 Å². The lowest BCUT2D eigenvalue weighted by Gasteiger charge is -2.08. The summed E-state index contributed by atoms with van der Waals surface area (Å²) in [5.74, 6) is 0. The first kappa shape index (κ1) is 18.1. The van der Waals surface area contributed by atoms with E-state index in [1.54, 1.807) is 6.07 Å². The van der Waals surface area contributed by atoms with Gasteiger partial charge in [-0.3, -0.25) is 0 Å². The molecular formula is C26H17Cl2N. The lowest BCUT2D eigenvalue weighted by atomic mass is 9.96. The summed E-state index contributed by atoms with van der Waals surface area (Å²) in [7, 11) is 0. The molecule has 5 aromatic rings. The van der Waals surface area contributed by atoms with Crippen LogP contribution < -0.4 is 0 Å². The summed E-state index contributed by atoms with van der Waals surface area (Å²) < 4.78 is 0. The van der Waals surface area contributed by atoms with Crippen LogP contribution in [0.5, 0.6) is 0 Å². The van der Waals surface area contributed by atoms with Crippen molar-refractivity contribution >= 4 is 34.1 Å². The van der Waals surface area contributed by atoms with Gasteiger partial charge in [-0.05, 0) is 58.7 Å². The molecule has 0 bridgehead atoms. The summed E-state index contributed by atoms with van der Waals surface area (Å²) in [5.41, 5.74) is 7.78. The van der Waals surface area contributed by atoms with Gasteiger partial charge in [0.2, 0.25) is 0 Å². The Morgan fingerprint density at radius 3 is 1.79 bits per heavy atom. The maximum absolute atomic E-state index is 6.23. The normalized spacial score (nSPS) is 11.1. The second-order valence-corrected chi connectivity index (χ2v) is 7.93. The predicted molar refractivity (Wildman–Crippen MR) is 125 cm³/mol. The van der Waals surface area contributed by atoms with E-state index in [2.05, 4.69) is 71.7 Å². The summed E-state index contributed by atoms with van der Waals surface area (Å²) in [5, 5.41) is 2.42. The molecule has 3 heteroatoms. The zero-order valence-electron chi connectivity index (χ0n) is 15.5. The molecule has 5 rings (SSSR count). The SMILES string of the molecule is Clc1cc(Cl)cc(-c2cc3c(-c4ccccc4)cc(-c4ccccc4)cc3[nH]2)c1. The fourth-order valence-electron chi connectivity index (χ4n) is 3.76. The smallest absolute Gasteiger partial charge is 0.0471 e. The molecule has 140 valence electrons. The molecule has 0 fully saturated rings. The molecule has 0 saturated heterocycles. The molecule has 4 aromatic carbocycles. The number of aromatic amines is 1. The molecule has 0 aliphatic rings. The highest BCUT2D eigenvalue weighted by Crippen LogP contribution is 2.37. The number of nitrogens with one attached hydrogen (secondary N) is 1. The molecule has 1 aromatic heterocycles. The lowest BCUT2D eigenvalue weighted by Crippen LogP contribution is -1.83. The number of H-pyrrole nitrogens is 1. The van der Waals surface area contributed by atoms with Gasteiger partial charge in [-0.25, -0.2) is 0 Å². The predicted octanol–water partition coefficient (Wildman–Crippen LogP) is 8.48. The Balaban J connectivity index is 1.77. The number of hydrogen-bond acceptors (Lipinski definition) is 0. The minimum absolute atomic E-state index is 0.624. The molecule has 0 radical (unpaired) electrons. The van der Waals surface area contributed by atoms with E-state index in [4.69, 9.17) is 23.2 Å². The Labute approximate surface area is 179 Å². The second kappa shape index (κ2) is 7.44. The van der Waals surface area contributed by atoms with E-state index in [1.165, 1.54) is 27.6 Å². The molecule has 0 spiro atoms. The largest absolute Gasteiger partial charge is 0.354 e. The summed E-state index contributed by atoms with van der Waals surface area (Å²) in [6.07, 6.45) is 0. The van der Waals surface area contributed by atoms with Crippen molar-refractivity contribution in [3.8, 4) is 33.5 Å². The molecular weight excluding hydrogens is 397 g/mol. The zero-order valence-corrected chi connectivity index (χ0v) is 17.0. The van der Waals surface area contributed by atoms with E-state index in [9.17, 15) is 0 Å². The highest BCUT2D eigenvalue weighted by Gasteiger charge is 2.12. The molecule has 0 aliphatic carbocycles. The van der Waals surface area contributed by atoms with Crippen LogP contribution in [0.25, 0.3) is 44.4 Å². The van der Waals surface area contributed by atoms with Gasteiger partial charge in [0.1, 0.15) is 0 Å². The number of halogens is 2. The highest BCUT2D eigenvalue weighted by molar-refractivity contribution is 6.35. The molecule has 0 saturated carbocycles. The van der Waals surface area contributed by atoms with E-state index in [-0.39, 0.29) is 0 Å². The summed E-state index contributed by atoms with van der Waals surface area (Å²) in [4.78, 5) is 3.57. The minimum Gasteiger partial charge on any atom is -0.354 e. The van der Waals surface area contributed by atoms with Crippen LogP contribution in [0, 0.1) is 0 Å². The first-order chi connectivity index (χ1) is 14.2. The Morgan fingerprint density at radius 1 is 0.517 bits per heavy atom. The zero-order chi connectivity index (χ0) is 19.8. The molecule has 0 aliphatic heterocycles. The van der Waals surface area contributed by atoms with E-state index in [0.29, 0.717) is 10.0 Å². The van der Waals surface area contributed by atoms with Crippen molar-refractivity contribution in [2.24, 2.45) is 0 Å². The molecule has 29 heavy (non-hydrogen) atoms. The van der Waals surface area contributed by atoms with E-state index in [0.717, 1.165) is 16.8 Å². The van der Waals surface area contributed by atoms with Crippen molar-refractivity contribution in [3.05, 3.63) is 107 Å². The average Bonchev–Trinajstić information content (AvgIpc) is 3.18. The van der Waals surface area contributed by atoms with Crippen molar-refractivity contribution in [3.63, 3.8) is 0 Å². The van der Waals surface area contributed by atoms with Crippen molar-refractivity contribution in [1.82, 2.24) is 4.98 Å². The Kier molecular flexibility index (Phi) is 4.63. The third-order valence-electron chi connectivity index (χ3n) is 5.10. The van der Waals surface area contributed by atoms with Gasteiger partial charge in [0, 0.05) is 32.2 Å². The average molecular weight is 414 g/mol. The van der Waals surface area contributed by atoms with E-state index in [1.807, 2.05) is 24.3 Å². The van der Waals surface area contributed by atoms with Gasteiger partial charge in [0.15, 0.2) is 0 Å². The molecule has 0 amide bonds. The van der Waals surface area contributed by atoms with Gasteiger partial charge in [0.05, 0.1) is 0 Å². The van der Waals surface area contributed by atoms with Crippen LogP contribution in [0.3, 0.4) is 0 Å². The van der Waals surface area contributed by atoms with Crippen LogP contribution in [0.4, 0.5) is 0 Å². The van der Waals surface area contributed by atoms with Crippen molar-refractivity contribution in [2.75, 3.05) is 0 Å².